The summed E-state index contributed by atoms with van der Waals surface area (Å²) in [7, 11) is 0. The number of benzene rings is 4. The Morgan fingerprint density at radius 2 is 1.49 bits per heavy atom. The first-order valence-corrected chi connectivity index (χ1v) is 14.3. The number of anilines is 1. The summed E-state index contributed by atoms with van der Waals surface area (Å²) < 4.78 is 11.8. The maximum atomic E-state index is 13.5. The second-order valence-electron chi connectivity index (χ2n) is 9.87. The first-order chi connectivity index (χ1) is 20.6. The molecule has 5 rings (SSSR count). The van der Waals surface area contributed by atoms with E-state index < -0.39 is 17.8 Å². The monoisotopic (exact) mass is 634 g/mol. The van der Waals surface area contributed by atoms with E-state index in [1.807, 2.05) is 32.0 Å². The summed E-state index contributed by atoms with van der Waals surface area (Å²) in [6, 6.07) is 21.5. The number of hydrogen-bond donors (Lipinski definition) is 1. The number of amides is 4. The Morgan fingerprint density at radius 3 is 2.21 bits per heavy atom. The fourth-order valence-corrected chi connectivity index (χ4v) is 5.00. The highest BCUT2D eigenvalue weighted by atomic mass is 35.5. The van der Waals surface area contributed by atoms with Gasteiger partial charge in [-0.2, -0.15) is 0 Å². The van der Waals surface area contributed by atoms with Gasteiger partial charge in [0.25, 0.3) is 11.8 Å². The minimum atomic E-state index is -0.869. The van der Waals surface area contributed by atoms with Crippen LogP contribution in [0.15, 0.2) is 84.4 Å². The Kier molecular flexibility index (Phi) is 9.06. The van der Waals surface area contributed by atoms with E-state index in [1.54, 1.807) is 60.7 Å². The van der Waals surface area contributed by atoms with Crippen LogP contribution in [0.25, 0.3) is 6.08 Å². The Hall–Kier alpha value is -4.30. The van der Waals surface area contributed by atoms with Gasteiger partial charge in [0.15, 0.2) is 0 Å². The quantitative estimate of drug-likeness (QED) is 0.156. The van der Waals surface area contributed by atoms with Gasteiger partial charge in [0.05, 0.1) is 5.69 Å². The smallest absolute Gasteiger partial charge is 0.335 e. The SMILES string of the molecule is Cc1ccc(COc2ccc(Cl)cc2/C=C2\C(=O)NC(=O)N(c3ccc(OCc4ccc(Cl)cc4Cl)cc3)C2=O)cc1C. The molecule has 1 heterocycles. The summed E-state index contributed by atoms with van der Waals surface area (Å²) in [5.41, 5.74) is 4.42. The fourth-order valence-electron chi connectivity index (χ4n) is 4.36. The van der Waals surface area contributed by atoms with E-state index >= 15 is 0 Å². The van der Waals surface area contributed by atoms with Crippen molar-refractivity contribution in [1.82, 2.24) is 5.32 Å². The van der Waals surface area contributed by atoms with Gasteiger partial charge >= 0.3 is 6.03 Å². The number of nitrogens with zero attached hydrogens (tertiary/aromatic N) is 1. The maximum Gasteiger partial charge on any atom is 0.335 e. The molecule has 0 bridgehead atoms. The number of rotatable bonds is 8. The summed E-state index contributed by atoms with van der Waals surface area (Å²) in [4.78, 5) is 39.9. The van der Waals surface area contributed by atoms with Gasteiger partial charge in [0, 0.05) is 26.2 Å². The van der Waals surface area contributed by atoms with E-state index in [4.69, 9.17) is 44.3 Å². The highest BCUT2D eigenvalue weighted by Gasteiger charge is 2.37. The van der Waals surface area contributed by atoms with Gasteiger partial charge in [-0.1, -0.05) is 59.1 Å². The largest absolute Gasteiger partial charge is 0.489 e. The van der Waals surface area contributed by atoms with E-state index in [0.717, 1.165) is 21.6 Å². The predicted molar refractivity (Wildman–Crippen MR) is 168 cm³/mol. The average Bonchev–Trinajstić information content (AvgIpc) is 2.96. The number of halogens is 3. The van der Waals surface area contributed by atoms with Crippen LogP contribution in [0, 0.1) is 13.8 Å². The highest BCUT2D eigenvalue weighted by molar-refractivity contribution is 6.39. The molecule has 0 atom stereocenters. The van der Waals surface area contributed by atoms with Crippen molar-refractivity contribution in [3.05, 3.63) is 127 Å². The molecule has 0 aliphatic carbocycles. The number of nitrogens with one attached hydrogen (secondary N) is 1. The summed E-state index contributed by atoms with van der Waals surface area (Å²) >= 11 is 18.4. The second-order valence-corrected chi connectivity index (χ2v) is 11.1. The van der Waals surface area contributed by atoms with Gasteiger partial charge in [0.1, 0.15) is 30.3 Å². The van der Waals surface area contributed by atoms with Gasteiger partial charge in [0.2, 0.25) is 0 Å². The molecule has 1 N–H and O–H groups in total. The molecule has 4 aromatic carbocycles. The predicted octanol–water partition coefficient (Wildman–Crippen LogP) is 8.09. The van der Waals surface area contributed by atoms with Gasteiger partial charge < -0.3 is 9.47 Å². The third-order valence-electron chi connectivity index (χ3n) is 6.84. The van der Waals surface area contributed by atoms with E-state index in [9.17, 15) is 14.4 Å². The van der Waals surface area contributed by atoms with Crippen LogP contribution in [0.2, 0.25) is 15.1 Å². The maximum absolute atomic E-state index is 13.5. The van der Waals surface area contributed by atoms with E-state index in [2.05, 4.69) is 5.32 Å². The van der Waals surface area contributed by atoms with Crippen molar-refractivity contribution < 1.29 is 23.9 Å². The molecular weight excluding hydrogens is 611 g/mol. The van der Waals surface area contributed by atoms with Gasteiger partial charge in [-0.3, -0.25) is 14.9 Å². The average molecular weight is 636 g/mol. The summed E-state index contributed by atoms with van der Waals surface area (Å²) in [5.74, 6) is -0.723. The van der Waals surface area contributed by atoms with Crippen LogP contribution in [0.5, 0.6) is 11.5 Å². The Morgan fingerprint density at radius 1 is 0.767 bits per heavy atom. The van der Waals surface area contributed by atoms with Gasteiger partial charge in [-0.05, 0) is 91.2 Å². The molecule has 0 spiro atoms. The first-order valence-electron chi connectivity index (χ1n) is 13.2. The molecule has 4 aromatic rings. The fraction of sp³-hybridized carbons (Fsp3) is 0.121. The summed E-state index contributed by atoms with van der Waals surface area (Å²) in [6.45, 7) is 4.51. The van der Waals surface area contributed by atoms with Crippen LogP contribution in [0.4, 0.5) is 10.5 Å². The van der Waals surface area contributed by atoms with Crippen molar-refractivity contribution in [2.24, 2.45) is 0 Å². The van der Waals surface area contributed by atoms with E-state index in [0.29, 0.717) is 32.1 Å². The lowest BCUT2D eigenvalue weighted by Crippen LogP contribution is -2.54. The molecule has 43 heavy (non-hydrogen) atoms. The lowest BCUT2D eigenvalue weighted by atomic mass is 10.1. The van der Waals surface area contributed by atoms with E-state index in [-0.39, 0.29) is 24.5 Å². The zero-order chi connectivity index (χ0) is 30.7. The van der Waals surface area contributed by atoms with Crippen molar-refractivity contribution >= 4 is 64.4 Å². The molecule has 1 aliphatic heterocycles. The first kappa shape index (κ1) is 30.2. The van der Waals surface area contributed by atoms with Crippen molar-refractivity contribution in [1.29, 1.82) is 0 Å². The number of hydrogen-bond acceptors (Lipinski definition) is 5. The van der Waals surface area contributed by atoms with Crippen molar-refractivity contribution in [3.8, 4) is 11.5 Å². The van der Waals surface area contributed by atoms with Crippen LogP contribution in [-0.4, -0.2) is 17.8 Å². The molecule has 0 unspecified atom stereocenters. The highest BCUT2D eigenvalue weighted by Crippen LogP contribution is 2.30. The Balaban J connectivity index is 1.35. The zero-order valence-corrected chi connectivity index (χ0v) is 25.4. The minimum Gasteiger partial charge on any atom is -0.489 e. The lowest BCUT2D eigenvalue weighted by molar-refractivity contribution is -0.122. The number of carbonyl (C=O) groups excluding carboxylic acids is 3. The molecule has 1 saturated heterocycles. The second kappa shape index (κ2) is 12.9. The molecule has 0 aromatic heterocycles. The molecule has 4 amide bonds. The van der Waals surface area contributed by atoms with Crippen LogP contribution in [0.1, 0.15) is 27.8 Å². The van der Waals surface area contributed by atoms with Crippen LogP contribution < -0.4 is 19.7 Å². The third kappa shape index (κ3) is 7.03. The van der Waals surface area contributed by atoms with Crippen LogP contribution >= 0.6 is 34.8 Å². The number of ether oxygens (including phenoxy) is 2. The molecule has 0 saturated carbocycles. The third-order valence-corrected chi connectivity index (χ3v) is 7.67. The lowest BCUT2D eigenvalue weighted by Gasteiger charge is -2.26. The number of barbiturate groups is 1. The minimum absolute atomic E-state index is 0.188. The summed E-state index contributed by atoms with van der Waals surface area (Å²) in [6.07, 6.45) is 1.37. The van der Waals surface area contributed by atoms with Crippen LogP contribution in [-0.2, 0) is 22.8 Å². The topological polar surface area (TPSA) is 84.9 Å². The number of carbonyl (C=O) groups is 3. The van der Waals surface area contributed by atoms with E-state index in [1.165, 1.54) is 11.6 Å². The molecule has 0 radical (unpaired) electrons. The summed E-state index contributed by atoms with van der Waals surface area (Å²) in [5, 5.41) is 3.61. The molecule has 218 valence electrons. The van der Waals surface area contributed by atoms with Crippen molar-refractivity contribution in [2.45, 2.75) is 27.1 Å². The normalized spacial score (nSPS) is 14.2. The van der Waals surface area contributed by atoms with Crippen molar-refractivity contribution in [3.63, 3.8) is 0 Å². The molecule has 10 heteroatoms. The number of urea groups is 1. The Labute approximate surface area is 263 Å². The van der Waals surface area contributed by atoms with Gasteiger partial charge in [-0.15, -0.1) is 0 Å². The van der Waals surface area contributed by atoms with Crippen LogP contribution in [0.3, 0.4) is 0 Å². The van der Waals surface area contributed by atoms with Crippen molar-refractivity contribution in [2.75, 3.05) is 4.90 Å². The van der Waals surface area contributed by atoms with Gasteiger partial charge in [-0.25, -0.2) is 9.69 Å². The molecular formula is C33H25Cl3N2O5. The standard InChI is InChI=1S/C33H25Cl3N2O5/c1-19-3-4-21(13-20(19)2)17-43-30-12-7-24(34)14-23(30)15-28-31(39)37-33(41)38(32(28)40)26-8-10-27(11-9-26)42-18-22-5-6-25(35)16-29(22)36/h3-16H,17-18H2,1-2H3,(H,37,39,41)/b28-15+. The molecule has 1 aliphatic rings. The molecule has 7 nitrogen and oxygen atoms in total. The zero-order valence-electron chi connectivity index (χ0n) is 23.1. The number of aryl methyl sites for hydroxylation is 2. The number of imide groups is 2. The molecule has 1 fully saturated rings. The Bertz CT molecular complexity index is 1770.